The van der Waals surface area contributed by atoms with Crippen molar-refractivity contribution in [2.24, 2.45) is 22.5 Å². The average Bonchev–Trinajstić information content (AvgIpc) is 2.09. The fourth-order valence-electron chi connectivity index (χ4n) is 1.70. The first kappa shape index (κ1) is 9.32. The van der Waals surface area contributed by atoms with E-state index in [1.165, 1.54) is 19.3 Å². The third-order valence-electron chi connectivity index (χ3n) is 2.52. The summed E-state index contributed by atoms with van der Waals surface area (Å²) in [5.41, 5.74) is 7.84. The quantitative estimate of drug-likeness (QED) is 0.230. The minimum atomic E-state index is 0.355. The minimum absolute atomic E-state index is 0.355. The highest BCUT2D eigenvalue weighted by atomic mass is 15.3. The van der Waals surface area contributed by atoms with E-state index in [4.69, 9.17) is 11.6 Å². The molecule has 0 aromatic carbocycles. The van der Waals surface area contributed by atoms with Gasteiger partial charge in [-0.15, -0.1) is 0 Å². The Hall–Kier alpha value is -0.770. The summed E-state index contributed by atoms with van der Waals surface area (Å²) in [6.45, 7) is 2.22. The van der Waals surface area contributed by atoms with Crippen molar-refractivity contribution >= 4 is 5.96 Å². The van der Waals surface area contributed by atoms with Crippen LogP contribution in [0.1, 0.15) is 32.6 Å². The van der Waals surface area contributed by atoms with E-state index in [0.29, 0.717) is 17.9 Å². The fraction of sp³-hybridized carbons (Fsp3) is 0.875. The van der Waals surface area contributed by atoms with Gasteiger partial charge < -0.3 is 5.73 Å². The Bertz CT molecular complexity index is 166. The van der Waals surface area contributed by atoms with Gasteiger partial charge in [-0.05, 0) is 18.8 Å². The molecule has 1 saturated carbocycles. The molecular weight excluding hydrogens is 152 g/mol. The van der Waals surface area contributed by atoms with Gasteiger partial charge in [-0.1, -0.05) is 19.8 Å². The van der Waals surface area contributed by atoms with E-state index in [-0.39, 0.29) is 0 Å². The van der Waals surface area contributed by atoms with Crippen LogP contribution in [0.3, 0.4) is 0 Å². The van der Waals surface area contributed by atoms with Crippen LogP contribution in [0.15, 0.2) is 4.99 Å². The predicted octanol–water partition coefficient (Wildman–Crippen LogP) is 0.343. The zero-order valence-corrected chi connectivity index (χ0v) is 7.59. The lowest BCUT2D eigenvalue weighted by atomic mass is 9.86. The molecule has 4 heteroatoms. The number of rotatable bonds is 1. The molecule has 1 rings (SSSR count). The molecule has 0 heterocycles. The van der Waals surface area contributed by atoms with Crippen LogP contribution in [-0.2, 0) is 0 Å². The molecule has 1 aliphatic carbocycles. The smallest absolute Gasteiger partial charge is 0.203 e. The third kappa shape index (κ3) is 2.37. The number of nitrogens with one attached hydrogen (secondary N) is 1. The number of nitrogens with zero attached hydrogens (tertiary/aromatic N) is 1. The Kier molecular flexibility index (Phi) is 3.34. The number of hydrogen-bond donors (Lipinski definition) is 3. The molecule has 5 N–H and O–H groups in total. The van der Waals surface area contributed by atoms with E-state index in [1.54, 1.807) is 0 Å². The highest BCUT2D eigenvalue weighted by Crippen LogP contribution is 2.25. The lowest BCUT2D eigenvalue weighted by Crippen LogP contribution is -2.39. The maximum Gasteiger partial charge on any atom is 0.203 e. The largest absolute Gasteiger partial charge is 0.369 e. The molecule has 4 nitrogen and oxygen atoms in total. The van der Waals surface area contributed by atoms with Gasteiger partial charge in [0.05, 0.1) is 6.04 Å². The average molecular weight is 170 g/mol. The summed E-state index contributed by atoms with van der Waals surface area (Å²) < 4.78 is 0. The number of hydrogen-bond acceptors (Lipinski definition) is 2. The Labute approximate surface area is 73.4 Å². The first-order valence-electron chi connectivity index (χ1n) is 4.54. The molecule has 0 amide bonds. The van der Waals surface area contributed by atoms with Crippen LogP contribution in [0.4, 0.5) is 0 Å². The number of aliphatic imine (C=N–C) groups is 1. The summed E-state index contributed by atoms with van der Waals surface area (Å²) in [4.78, 5) is 4.29. The van der Waals surface area contributed by atoms with Crippen LogP contribution in [0.5, 0.6) is 0 Å². The first-order valence-corrected chi connectivity index (χ1v) is 4.54. The molecule has 0 saturated heterocycles. The van der Waals surface area contributed by atoms with E-state index < -0.39 is 0 Å². The molecule has 1 fully saturated rings. The van der Waals surface area contributed by atoms with Crippen molar-refractivity contribution in [1.29, 1.82) is 0 Å². The molecule has 0 aromatic heterocycles. The van der Waals surface area contributed by atoms with Gasteiger partial charge in [0.2, 0.25) is 5.96 Å². The Morgan fingerprint density at radius 1 is 1.42 bits per heavy atom. The minimum Gasteiger partial charge on any atom is -0.369 e. The molecule has 0 spiro atoms. The normalized spacial score (nSPS) is 31.7. The molecule has 12 heavy (non-hydrogen) atoms. The van der Waals surface area contributed by atoms with Crippen LogP contribution in [0.25, 0.3) is 0 Å². The van der Waals surface area contributed by atoms with Crippen molar-refractivity contribution in [3.8, 4) is 0 Å². The van der Waals surface area contributed by atoms with Crippen LogP contribution in [-0.4, -0.2) is 12.0 Å². The number of guanidine groups is 1. The first-order chi connectivity index (χ1) is 5.74. The molecule has 2 atom stereocenters. The molecule has 2 unspecified atom stereocenters. The maximum absolute atomic E-state index is 5.48. The van der Waals surface area contributed by atoms with E-state index in [0.717, 1.165) is 6.42 Å². The predicted molar refractivity (Wildman–Crippen MR) is 50.4 cm³/mol. The Morgan fingerprint density at radius 2 is 2.08 bits per heavy atom. The van der Waals surface area contributed by atoms with E-state index in [2.05, 4.69) is 17.3 Å². The van der Waals surface area contributed by atoms with Crippen LogP contribution in [0, 0.1) is 5.92 Å². The van der Waals surface area contributed by atoms with Crippen molar-refractivity contribution in [2.45, 2.75) is 38.6 Å². The van der Waals surface area contributed by atoms with Crippen molar-refractivity contribution in [3.05, 3.63) is 0 Å². The topological polar surface area (TPSA) is 76.4 Å². The highest BCUT2D eigenvalue weighted by molar-refractivity contribution is 5.77. The van der Waals surface area contributed by atoms with Gasteiger partial charge in [0.1, 0.15) is 0 Å². The second-order valence-electron chi connectivity index (χ2n) is 3.49. The van der Waals surface area contributed by atoms with Crippen LogP contribution in [0.2, 0.25) is 0 Å². The zero-order chi connectivity index (χ0) is 8.97. The number of hydrazine groups is 1. The second-order valence-corrected chi connectivity index (χ2v) is 3.49. The van der Waals surface area contributed by atoms with Gasteiger partial charge in [0.15, 0.2) is 0 Å². The van der Waals surface area contributed by atoms with E-state index in [9.17, 15) is 0 Å². The monoisotopic (exact) mass is 170 g/mol. The summed E-state index contributed by atoms with van der Waals surface area (Å²) in [5.74, 6) is 6.13. The Balaban J connectivity index is 2.48. The summed E-state index contributed by atoms with van der Waals surface area (Å²) in [6, 6.07) is 0.370. The third-order valence-corrected chi connectivity index (χ3v) is 2.52. The molecule has 70 valence electrons. The molecule has 0 bridgehead atoms. The van der Waals surface area contributed by atoms with Crippen molar-refractivity contribution in [1.82, 2.24) is 5.43 Å². The van der Waals surface area contributed by atoms with Crippen LogP contribution >= 0.6 is 0 Å². The maximum atomic E-state index is 5.48. The summed E-state index contributed by atoms with van der Waals surface area (Å²) in [6.07, 6.45) is 4.98. The standard InChI is InChI=1S/C8H18N4/c1-6-4-2-3-5-7(6)11-8(9)12-10/h6-7H,2-5,10H2,1H3,(H3,9,11,12). The van der Waals surface area contributed by atoms with Gasteiger partial charge in [-0.2, -0.15) is 0 Å². The van der Waals surface area contributed by atoms with Gasteiger partial charge >= 0.3 is 0 Å². The SMILES string of the molecule is CC1CCCCC1N=C(N)NN. The summed E-state index contributed by atoms with van der Waals surface area (Å²) in [5, 5.41) is 0. The van der Waals surface area contributed by atoms with Gasteiger partial charge in [0, 0.05) is 0 Å². The van der Waals surface area contributed by atoms with Crippen LogP contribution < -0.4 is 17.0 Å². The molecule has 0 aliphatic heterocycles. The number of nitrogens with two attached hydrogens (primary N) is 2. The zero-order valence-electron chi connectivity index (χ0n) is 7.59. The van der Waals surface area contributed by atoms with Gasteiger partial charge in [-0.25, -0.2) is 10.8 Å². The van der Waals surface area contributed by atoms with Crippen molar-refractivity contribution in [3.63, 3.8) is 0 Å². The fourth-order valence-corrected chi connectivity index (χ4v) is 1.70. The highest BCUT2D eigenvalue weighted by Gasteiger charge is 2.20. The van der Waals surface area contributed by atoms with E-state index >= 15 is 0 Å². The second kappa shape index (κ2) is 4.30. The van der Waals surface area contributed by atoms with Crippen molar-refractivity contribution < 1.29 is 0 Å². The lowest BCUT2D eigenvalue weighted by molar-refractivity contribution is 0.332. The van der Waals surface area contributed by atoms with Gasteiger partial charge in [0.25, 0.3) is 0 Å². The van der Waals surface area contributed by atoms with Crippen molar-refractivity contribution in [2.75, 3.05) is 0 Å². The lowest BCUT2D eigenvalue weighted by Gasteiger charge is -2.25. The van der Waals surface area contributed by atoms with Gasteiger partial charge in [-0.3, -0.25) is 5.43 Å². The molecule has 1 aliphatic rings. The molecule has 0 radical (unpaired) electrons. The Morgan fingerprint density at radius 3 is 2.67 bits per heavy atom. The molecular formula is C8H18N4. The summed E-state index contributed by atoms with van der Waals surface area (Å²) in [7, 11) is 0. The molecule has 0 aromatic rings. The summed E-state index contributed by atoms with van der Waals surface area (Å²) >= 11 is 0. The van der Waals surface area contributed by atoms with E-state index in [1.807, 2.05) is 0 Å².